The summed E-state index contributed by atoms with van der Waals surface area (Å²) in [5.74, 6) is 0.697. The van der Waals surface area contributed by atoms with E-state index in [1.54, 1.807) is 0 Å². The molecule has 1 aromatic rings. The van der Waals surface area contributed by atoms with Gasteiger partial charge in [-0.3, -0.25) is 4.79 Å². The Morgan fingerprint density at radius 1 is 1.25 bits per heavy atom. The number of nitrogens with one attached hydrogen (secondary N) is 2. The first-order valence-corrected chi connectivity index (χ1v) is 7.46. The molecular weight excluding hydrogens is 248 g/mol. The number of fused-ring (bicyclic) bond motifs is 1. The van der Waals surface area contributed by atoms with Crippen LogP contribution in [0.4, 0.5) is 5.69 Å². The highest BCUT2D eigenvalue weighted by atomic mass is 16.2. The van der Waals surface area contributed by atoms with Gasteiger partial charge in [-0.15, -0.1) is 0 Å². The summed E-state index contributed by atoms with van der Waals surface area (Å²) in [5.41, 5.74) is 2.98. The van der Waals surface area contributed by atoms with E-state index in [4.69, 9.17) is 0 Å². The molecule has 2 N–H and O–H groups in total. The van der Waals surface area contributed by atoms with Crippen molar-refractivity contribution in [2.45, 2.75) is 40.2 Å². The lowest BCUT2D eigenvalue weighted by molar-refractivity contribution is -0.121. The first kappa shape index (κ1) is 13.5. The molecular formula is C17H24N2O. The van der Waals surface area contributed by atoms with Crippen molar-refractivity contribution < 1.29 is 4.79 Å². The van der Waals surface area contributed by atoms with E-state index in [1.165, 1.54) is 5.56 Å². The number of carbonyl (C=O) groups excluding carboxylic acids is 1. The van der Waals surface area contributed by atoms with Crippen LogP contribution in [0, 0.1) is 16.7 Å². The summed E-state index contributed by atoms with van der Waals surface area (Å²) in [6.07, 6.45) is 0.791. The van der Waals surface area contributed by atoms with Crippen molar-refractivity contribution in [3.63, 3.8) is 0 Å². The van der Waals surface area contributed by atoms with Crippen molar-refractivity contribution in [3.8, 4) is 0 Å². The second-order valence-corrected chi connectivity index (χ2v) is 7.30. The molecule has 20 heavy (non-hydrogen) atoms. The van der Waals surface area contributed by atoms with Crippen molar-refractivity contribution in [1.29, 1.82) is 0 Å². The van der Waals surface area contributed by atoms with Gasteiger partial charge >= 0.3 is 0 Å². The number of carbonyl (C=O) groups is 1. The zero-order chi connectivity index (χ0) is 14.5. The third-order valence-corrected chi connectivity index (χ3v) is 5.89. The van der Waals surface area contributed by atoms with Gasteiger partial charge in [0.2, 0.25) is 5.91 Å². The van der Waals surface area contributed by atoms with Gasteiger partial charge in [0.05, 0.1) is 0 Å². The van der Waals surface area contributed by atoms with Crippen LogP contribution in [0.15, 0.2) is 24.3 Å². The van der Waals surface area contributed by atoms with Crippen LogP contribution in [0.2, 0.25) is 0 Å². The Labute approximate surface area is 121 Å². The third kappa shape index (κ3) is 1.91. The molecule has 3 rings (SSSR count). The number of benzene rings is 1. The van der Waals surface area contributed by atoms with E-state index < -0.39 is 0 Å². The highest BCUT2D eigenvalue weighted by molar-refractivity contribution is 5.87. The van der Waals surface area contributed by atoms with Crippen LogP contribution >= 0.6 is 0 Å². The fourth-order valence-electron chi connectivity index (χ4n) is 3.63. The van der Waals surface area contributed by atoms with Gasteiger partial charge in [-0.05, 0) is 28.4 Å². The highest BCUT2D eigenvalue weighted by Gasteiger charge is 2.64. The number of rotatable bonds is 3. The van der Waals surface area contributed by atoms with Crippen LogP contribution in [0.5, 0.6) is 0 Å². The summed E-state index contributed by atoms with van der Waals surface area (Å²) in [4.78, 5) is 12.3. The van der Waals surface area contributed by atoms with Crippen LogP contribution in [0.1, 0.15) is 33.3 Å². The van der Waals surface area contributed by atoms with E-state index in [-0.39, 0.29) is 11.9 Å². The molecule has 0 spiro atoms. The molecule has 3 heteroatoms. The average molecular weight is 272 g/mol. The minimum absolute atomic E-state index is 0.114. The molecule has 3 nitrogen and oxygen atoms in total. The fraction of sp³-hybridized carbons (Fsp3) is 0.588. The van der Waals surface area contributed by atoms with E-state index in [0.29, 0.717) is 16.7 Å². The fourth-order valence-corrected chi connectivity index (χ4v) is 3.63. The second kappa shape index (κ2) is 4.24. The van der Waals surface area contributed by atoms with Gasteiger partial charge in [-0.2, -0.15) is 0 Å². The van der Waals surface area contributed by atoms with Gasteiger partial charge in [-0.1, -0.05) is 45.9 Å². The quantitative estimate of drug-likeness (QED) is 0.888. The highest BCUT2D eigenvalue weighted by Crippen LogP contribution is 2.67. The largest absolute Gasteiger partial charge is 0.373 e. The minimum atomic E-state index is -0.114. The van der Waals surface area contributed by atoms with Crippen LogP contribution in [0.25, 0.3) is 0 Å². The summed E-state index contributed by atoms with van der Waals surface area (Å²) in [6, 6.07) is 8.04. The second-order valence-electron chi connectivity index (χ2n) is 7.30. The lowest BCUT2D eigenvalue weighted by Gasteiger charge is -2.12. The molecule has 108 valence electrons. The SMILES string of the molecule is CC1(C)C(CNC(=O)[C@@H]2Cc3ccccc3N2)C1(C)C. The molecule has 0 radical (unpaired) electrons. The molecule has 2 aliphatic rings. The van der Waals surface area contributed by atoms with E-state index >= 15 is 0 Å². The maximum Gasteiger partial charge on any atom is 0.242 e. The molecule has 1 heterocycles. The molecule has 0 bridgehead atoms. The molecule has 1 atom stereocenters. The van der Waals surface area contributed by atoms with E-state index in [0.717, 1.165) is 18.7 Å². The van der Waals surface area contributed by atoms with Gasteiger partial charge in [-0.25, -0.2) is 0 Å². The summed E-state index contributed by atoms with van der Waals surface area (Å²) in [6.45, 7) is 9.93. The summed E-state index contributed by atoms with van der Waals surface area (Å²) >= 11 is 0. The van der Waals surface area contributed by atoms with Crippen molar-refractivity contribution in [3.05, 3.63) is 29.8 Å². The predicted molar refractivity (Wildman–Crippen MR) is 81.6 cm³/mol. The van der Waals surface area contributed by atoms with Crippen LogP contribution in [-0.4, -0.2) is 18.5 Å². The molecule has 0 aromatic heterocycles. The lowest BCUT2D eigenvalue weighted by atomic mass is 10.0. The standard InChI is InChI=1S/C17H24N2O/c1-16(2)14(17(16,3)4)10-18-15(20)13-9-11-7-5-6-8-12(11)19-13/h5-8,13-14,19H,9-10H2,1-4H3,(H,18,20)/t13-/m0/s1. The molecule has 1 aliphatic heterocycles. The Kier molecular flexibility index (Phi) is 2.86. The van der Waals surface area contributed by atoms with E-state index in [1.807, 2.05) is 18.2 Å². The van der Waals surface area contributed by atoms with Crippen molar-refractivity contribution >= 4 is 11.6 Å². The maximum absolute atomic E-state index is 12.3. The minimum Gasteiger partial charge on any atom is -0.373 e. The van der Waals surface area contributed by atoms with Crippen LogP contribution < -0.4 is 10.6 Å². The van der Waals surface area contributed by atoms with Gasteiger partial charge in [0.25, 0.3) is 0 Å². The van der Waals surface area contributed by atoms with Crippen LogP contribution in [-0.2, 0) is 11.2 Å². The van der Waals surface area contributed by atoms with Gasteiger partial charge < -0.3 is 10.6 Å². The summed E-state index contributed by atoms with van der Waals surface area (Å²) in [5, 5.41) is 6.44. The van der Waals surface area contributed by atoms with E-state index in [2.05, 4.69) is 44.4 Å². The molecule has 0 unspecified atom stereocenters. The van der Waals surface area contributed by atoms with Crippen molar-refractivity contribution in [2.75, 3.05) is 11.9 Å². The molecule has 1 aliphatic carbocycles. The number of hydrogen-bond donors (Lipinski definition) is 2. The Balaban J connectivity index is 1.55. The Hall–Kier alpha value is -1.51. The van der Waals surface area contributed by atoms with Crippen molar-refractivity contribution in [2.24, 2.45) is 16.7 Å². The average Bonchev–Trinajstić information content (AvgIpc) is 2.74. The first-order chi connectivity index (χ1) is 9.34. The number of para-hydroxylation sites is 1. The maximum atomic E-state index is 12.3. The Morgan fingerprint density at radius 3 is 2.50 bits per heavy atom. The lowest BCUT2D eigenvalue weighted by Crippen LogP contribution is -2.39. The topological polar surface area (TPSA) is 41.1 Å². The molecule has 0 saturated heterocycles. The Morgan fingerprint density at radius 2 is 1.90 bits per heavy atom. The number of amides is 1. The molecule has 1 fully saturated rings. The zero-order valence-corrected chi connectivity index (χ0v) is 12.8. The molecule has 1 amide bonds. The normalized spacial score (nSPS) is 25.7. The van der Waals surface area contributed by atoms with Gasteiger partial charge in [0.1, 0.15) is 6.04 Å². The number of hydrogen-bond acceptors (Lipinski definition) is 2. The Bertz CT molecular complexity index is 509. The smallest absolute Gasteiger partial charge is 0.242 e. The summed E-state index contributed by atoms with van der Waals surface area (Å²) < 4.78 is 0. The zero-order valence-electron chi connectivity index (χ0n) is 12.8. The summed E-state index contributed by atoms with van der Waals surface area (Å²) in [7, 11) is 0. The van der Waals surface area contributed by atoms with Gasteiger partial charge in [0.15, 0.2) is 0 Å². The number of anilines is 1. The monoisotopic (exact) mass is 272 g/mol. The van der Waals surface area contributed by atoms with Crippen LogP contribution in [0.3, 0.4) is 0 Å². The first-order valence-electron chi connectivity index (χ1n) is 7.46. The van der Waals surface area contributed by atoms with Crippen molar-refractivity contribution in [1.82, 2.24) is 5.32 Å². The van der Waals surface area contributed by atoms with E-state index in [9.17, 15) is 4.79 Å². The van der Waals surface area contributed by atoms with Gasteiger partial charge in [0, 0.05) is 18.7 Å². The molecule has 1 aromatic carbocycles. The third-order valence-electron chi connectivity index (χ3n) is 5.89. The predicted octanol–water partition coefficient (Wildman–Crippen LogP) is 2.82. The molecule has 1 saturated carbocycles.